The number of benzene rings is 1. The SMILES string of the molecule is N#Cc1ccc(C(=O)Nc2cc([N+](=O)[O-])ccc2O)nc1. The predicted molar refractivity (Wildman–Crippen MR) is 71.7 cm³/mol. The third-order valence-corrected chi connectivity index (χ3v) is 2.56. The monoisotopic (exact) mass is 284 g/mol. The molecule has 0 aliphatic rings. The lowest BCUT2D eigenvalue weighted by Crippen LogP contribution is -2.13. The highest BCUT2D eigenvalue weighted by Gasteiger charge is 2.14. The molecular weight excluding hydrogens is 276 g/mol. The number of pyridine rings is 1. The van der Waals surface area contributed by atoms with E-state index in [0.717, 1.165) is 18.2 Å². The molecule has 2 rings (SSSR count). The molecular formula is C13H8N4O4. The molecule has 0 bridgehead atoms. The summed E-state index contributed by atoms with van der Waals surface area (Å²) in [6.07, 6.45) is 1.22. The molecule has 1 aromatic heterocycles. The van der Waals surface area contributed by atoms with Crippen LogP contribution in [0.2, 0.25) is 0 Å². The predicted octanol–water partition coefficient (Wildman–Crippen LogP) is 1.82. The molecule has 1 amide bonds. The molecule has 0 fully saturated rings. The van der Waals surface area contributed by atoms with Crippen molar-refractivity contribution in [2.45, 2.75) is 0 Å². The van der Waals surface area contributed by atoms with E-state index in [1.807, 2.05) is 6.07 Å². The zero-order valence-corrected chi connectivity index (χ0v) is 10.5. The largest absolute Gasteiger partial charge is 0.506 e. The lowest BCUT2D eigenvalue weighted by atomic mass is 10.2. The van der Waals surface area contributed by atoms with Crippen LogP contribution in [0.15, 0.2) is 36.5 Å². The van der Waals surface area contributed by atoms with Crippen molar-refractivity contribution in [2.75, 3.05) is 5.32 Å². The van der Waals surface area contributed by atoms with Gasteiger partial charge in [0, 0.05) is 18.3 Å². The highest BCUT2D eigenvalue weighted by atomic mass is 16.6. The van der Waals surface area contributed by atoms with Gasteiger partial charge in [-0.2, -0.15) is 5.26 Å². The van der Waals surface area contributed by atoms with E-state index in [4.69, 9.17) is 5.26 Å². The van der Waals surface area contributed by atoms with Crippen LogP contribution in [0.3, 0.4) is 0 Å². The molecule has 0 unspecified atom stereocenters. The molecule has 0 saturated carbocycles. The summed E-state index contributed by atoms with van der Waals surface area (Å²) in [5.41, 5.74) is -0.0547. The van der Waals surface area contributed by atoms with Crippen LogP contribution in [-0.4, -0.2) is 20.9 Å². The van der Waals surface area contributed by atoms with Gasteiger partial charge in [-0.1, -0.05) is 0 Å². The van der Waals surface area contributed by atoms with Gasteiger partial charge in [-0.15, -0.1) is 0 Å². The number of phenolic OH excluding ortho intramolecular Hbond substituents is 1. The molecule has 1 aromatic carbocycles. The average Bonchev–Trinajstić information content (AvgIpc) is 2.49. The molecule has 2 aromatic rings. The fraction of sp³-hybridized carbons (Fsp3) is 0. The first-order chi connectivity index (χ1) is 10.0. The molecule has 0 aliphatic heterocycles. The van der Waals surface area contributed by atoms with Crippen molar-refractivity contribution >= 4 is 17.3 Å². The van der Waals surface area contributed by atoms with Crippen LogP contribution < -0.4 is 5.32 Å². The second kappa shape index (κ2) is 5.66. The lowest BCUT2D eigenvalue weighted by Gasteiger charge is -2.06. The number of nitrogens with zero attached hydrogens (tertiary/aromatic N) is 3. The second-order valence-corrected chi connectivity index (χ2v) is 3.96. The summed E-state index contributed by atoms with van der Waals surface area (Å²) in [6.45, 7) is 0. The molecule has 1 heterocycles. The van der Waals surface area contributed by atoms with Crippen molar-refractivity contribution in [1.82, 2.24) is 4.98 Å². The average molecular weight is 284 g/mol. The zero-order valence-electron chi connectivity index (χ0n) is 10.5. The fourth-order valence-electron chi connectivity index (χ4n) is 1.52. The van der Waals surface area contributed by atoms with Gasteiger partial charge in [0.15, 0.2) is 0 Å². The molecule has 0 saturated heterocycles. The number of rotatable bonds is 3. The summed E-state index contributed by atoms with van der Waals surface area (Å²) in [6, 6.07) is 7.88. The molecule has 0 atom stereocenters. The molecule has 8 nitrogen and oxygen atoms in total. The smallest absolute Gasteiger partial charge is 0.274 e. The van der Waals surface area contributed by atoms with Gasteiger partial charge in [-0.05, 0) is 18.2 Å². The molecule has 8 heteroatoms. The first-order valence-electron chi connectivity index (χ1n) is 5.66. The maximum absolute atomic E-state index is 11.9. The Balaban J connectivity index is 2.24. The maximum atomic E-state index is 11.9. The second-order valence-electron chi connectivity index (χ2n) is 3.96. The van der Waals surface area contributed by atoms with Gasteiger partial charge in [0.25, 0.3) is 11.6 Å². The van der Waals surface area contributed by atoms with E-state index in [1.54, 1.807) is 0 Å². The Labute approximate surface area is 118 Å². The lowest BCUT2D eigenvalue weighted by molar-refractivity contribution is -0.384. The van der Waals surface area contributed by atoms with E-state index < -0.39 is 10.8 Å². The molecule has 0 spiro atoms. The van der Waals surface area contributed by atoms with Crippen LogP contribution in [0.5, 0.6) is 5.75 Å². The number of nitro benzene ring substituents is 1. The summed E-state index contributed by atoms with van der Waals surface area (Å²) < 4.78 is 0. The van der Waals surface area contributed by atoms with E-state index in [-0.39, 0.29) is 22.8 Å². The van der Waals surface area contributed by atoms with Gasteiger partial charge in [0.1, 0.15) is 17.5 Å². The van der Waals surface area contributed by atoms with Crippen LogP contribution >= 0.6 is 0 Å². The normalized spacial score (nSPS) is 9.67. The molecule has 0 aliphatic carbocycles. The van der Waals surface area contributed by atoms with Crippen LogP contribution in [0.4, 0.5) is 11.4 Å². The van der Waals surface area contributed by atoms with Gasteiger partial charge in [-0.25, -0.2) is 4.98 Å². The molecule has 2 N–H and O–H groups in total. The summed E-state index contributed by atoms with van der Waals surface area (Å²) in [7, 11) is 0. The number of nitro groups is 1. The summed E-state index contributed by atoms with van der Waals surface area (Å²) in [5.74, 6) is -0.960. The standard InChI is InChI=1S/C13H8N4O4/c14-6-8-1-3-10(15-7-8)13(19)16-11-5-9(17(20)21)2-4-12(11)18/h1-5,7,18H,(H,16,19). The maximum Gasteiger partial charge on any atom is 0.274 e. The minimum Gasteiger partial charge on any atom is -0.506 e. The minimum atomic E-state index is -0.657. The van der Waals surface area contributed by atoms with Gasteiger partial charge in [-0.3, -0.25) is 14.9 Å². The first-order valence-corrected chi connectivity index (χ1v) is 5.66. The molecule has 0 radical (unpaired) electrons. The Morgan fingerprint density at radius 3 is 2.71 bits per heavy atom. The quantitative estimate of drug-likeness (QED) is 0.502. The van der Waals surface area contributed by atoms with Crippen molar-refractivity contribution < 1.29 is 14.8 Å². The number of anilines is 1. The number of hydrogen-bond donors (Lipinski definition) is 2. The highest BCUT2D eigenvalue weighted by Crippen LogP contribution is 2.28. The Morgan fingerprint density at radius 2 is 2.14 bits per heavy atom. The van der Waals surface area contributed by atoms with Crippen molar-refractivity contribution in [1.29, 1.82) is 5.26 Å². The number of nitriles is 1. The zero-order chi connectivity index (χ0) is 15.4. The number of amides is 1. The summed E-state index contributed by atoms with van der Waals surface area (Å²) >= 11 is 0. The van der Waals surface area contributed by atoms with Crippen molar-refractivity contribution in [2.24, 2.45) is 0 Å². The molecule has 104 valence electrons. The van der Waals surface area contributed by atoms with Gasteiger partial charge >= 0.3 is 0 Å². The Bertz CT molecular complexity index is 750. The Morgan fingerprint density at radius 1 is 1.38 bits per heavy atom. The fourth-order valence-corrected chi connectivity index (χ4v) is 1.52. The molecule has 21 heavy (non-hydrogen) atoms. The number of nitrogens with one attached hydrogen (secondary N) is 1. The minimum absolute atomic E-state index is 0.0138. The number of carbonyl (C=O) groups is 1. The number of non-ortho nitro benzene ring substituents is 1. The number of phenols is 1. The van der Waals surface area contributed by atoms with Crippen molar-refractivity contribution in [3.05, 3.63) is 57.9 Å². The van der Waals surface area contributed by atoms with Crippen LogP contribution in [0, 0.1) is 21.4 Å². The number of aromatic nitrogens is 1. The van der Waals surface area contributed by atoms with Crippen LogP contribution in [0.1, 0.15) is 16.1 Å². The van der Waals surface area contributed by atoms with Gasteiger partial charge in [0.2, 0.25) is 0 Å². The van der Waals surface area contributed by atoms with Gasteiger partial charge < -0.3 is 10.4 Å². The van der Waals surface area contributed by atoms with Crippen LogP contribution in [0.25, 0.3) is 0 Å². The Kier molecular flexibility index (Phi) is 3.76. The Hall–Kier alpha value is -3.47. The van der Waals surface area contributed by atoms with Crippen molar-refractivity contribution in [3.8, 4) is 11.8 Å². The van der Waals surface area contributed by atoms with E-state index in [9.17, 15) is 20.0 Å². The summed E-state index contributed by atoms with van der Waals surface area (Å²) in [4.78, 5) is 25.7. The van der Waals surface area contributed by atoms with Crippen LogP contribution in [-0.2, 0) is 0 Å². The van der Waals surface area contributed by atoms with E-state index in [0.29, 0.717) is 5.56 Å². The first kappa shape index (κ1) is 14.0. The van der Waals surface area contributed by atoms with E-state index in [1.165, 1.54) is 18.3 Å². The topological polar surface area (TPSA) is 129 Å². The number of aromatic hydroxyl groups is 1. The van der Waals surface area contributed by atoms with E-state index >= 15 is 0 Å². The third kappa shape index (κ3) is 3.10. The third-order valence-electron chi connectivity index (χ3n) is 2.56. The van der Waals surface area contributed by atoms with Crippen molar-refractivity contribution in [3.63, 3.8) is 0 Å². The van der Waals surface area contributed by atoms with Gasteiger partial charge in [0.05, 0.1) is 16.2 Å². The summed E-state index contributed by atoms with van der Waals surface area (Å²) in [5, 5.41) is 31.2. The number of hydrogen-bond acceptors (Lipinski definition) is 6. The number of carbonyl (C=O) groups excluding carboxylic acids is 1. The highest BCUT2D eigenvalue weighted by molar-refractivity contribution is 6.03. The van der Waals surface area contributed by atoms with E-state index in [2.05, 4.69) is 10.3 Å².